The molecule has 18 heavy (non-hydrogen) atoms. The van der Waals surface area contributed by atoms with Crippen LogP contribution in [-0.4, -0.2) is 5.11 Å². The van der Waals surface area contributed by atoms with E-state index in [9.17, 15) is 9.50 Å². The van der Waals surface area contributed by atoms with E-state index >= 15 is 0 Å². The van der Waals surface area contributed by atoms with Crippen molar-refractivity contribution in [3.05, 3.63) is 51.8 Å². The third-order valence-corrected chi connectivity index (χ3v) is 3.42. The minimum atomic E-state index is -0.455. The predicted octanol–water partition coefficient (Wildman–Crippen LogP) is 3.96. The molecule has 0 bridgehead atoms. The van der Waals surface area contributed by atoms with Crippen LogP contribution in [0.15, 0.2) is 30.3 Å². The number of phenolic OH excluding ortho intramolecular Hbond substituents is 1. The molecule has 2 aromatic carbocycles. The molecular weight excluding hydrogens is 276 g/mol. The molecule has 0 aromatic heterocycles. The predicted molar refractivity (Wildman–Crippen MR) is 71.4 cm³/mol. The fourth-order valence-corrected chi connectivity index (χ4v) is 2.34. The molecule has 2 nitrogen and oxygen atoms in total. The third-order valence-electron chi connectivity index (χ3n) is 2.64. The summed E-state index contributed by atoms with van der Waals surface area (Å²) in [4.78, 5) is 0. The Hall–Kier alpha value is -1.29. The second-order valence-electron chi connectivity index (χ2n) is 3.75. The molecule has 94 valence electrons. The molecule has 0 unspecified atom stereocenters. The average molecular weight is 286 g/mol. The molecule has 5 heteroatoms. The quantitative estimate of drug-likeness (QED) is 0.877. The number of halogens is 3. The Bertz CT molecular complexity index is 602. The van der Waals surface area contributed by atoms with Gasteiger partial charge in [-0.1, -0.05) is 29.3 Å². The number of hydrogen-bond acceptors (Lipinski definition) is 2. The van der Waals surface area contributed by atoms with Gasteiger partial charge in [0, 0.05) is 28.3 Å². The fraction of sp³-hybridized carbons (Fsp3) is 0.0769. The molecule has 0 saturated heterocycles. The zero-order valence-corrected chi connectivity index (χ0v) is 10.8. The summed E-state index contributed by atoms with van der Waals surface area (Å²) in [6.07, 6.45) is 0. The smallest absolute Gasteiger partial charge is 0.124 e. The minimum absolute atomic E-state index is 0.0522. The lowest BCUT2D eigenvalue weighted by Gasteiger charge is -2.11. The van der Waals surface area contributed by atoms with Crippen LogP contribution in [-0.2, 0) is 6.54 Å². The van der Waals surface area contributed by atoms with Crippen LogP contribution < -0.4 is 5.73 Å². The summed E-state index contributed by atoms with van der Waals surface area (Å²) in [5, 5.41) is 10.5. The van der Waals surface area contributed by atoms with Gasteiger partial charge in [0.05, 0.1) is 5.02 Å². The van der Waals surface area contributed by atoms with Gasteiger partial charge in [0.1, 0.15) is 11.6 Å². The highest BCUT2D eigenvalue weighted by molar-refractivity contribution is 6.37. The van der Waals surface area contributed by atoms with Crippen molar-refractivity contribution in [2.75, 3.05) is 0 Å². The Morgan fingerprint density at radius 2 is 1.83 bits per heavy atom. The molecule has 0 atom stereocenters. The van der Waals surface area contributed by atoms with E-state index in [1.165, 1.54) is 18.2 Å². The van der Waals surface area contributed by atoms with E-state index in [2.05, 4.69) is 0 Å². The summed E-state index contributed by atoms with van der Waals surface area (Å²) in [5.41, 5.74) is 6.94. The molecule has 0 amide bonds. The van der Waals surface area contributed by atoms with Gasteiger partial charge in [-0.2, -0.15) is 0 Å². The lowest BCUT2D eigenvalue weighted by molar-refractivity contribution is 0.475. The summed E-state index contributed by atoms with van der Waals surface area (Å²) >= 11 is 12.1. The van der Waals surface area contributed by atoms with Crippen LogP contribution in [0, 0.1) is 5.82 Å². The van der Waals surface area contributed by atoms with Crippen molar-refractivity contribution in [1.29, 1.82) is 0 Å². The lowest BCUT2D eigenvalue weighted by Crippen LogP contribution is -1.99. The number of hydrogen-bond donors (Lipinski definition) is 2. The van der Waals surface area contributed by atoms with Gasteiger partial charge in [-0.3, -0.25) is 0 Å². The van der Waals surface area contributed by atoms with E-state index in [-0.39, 0.29) is 12.3 Å². The Morgan fingerprint density at radius 3 is 2.50 bits per heavy atom. The Kier molecular flexibility index (Phi) is 3.76. The van der Waals surface area contributed by atoms with Crippen LogP contribution in [0.4, 0.5) is 4.39 Å². The maximum atomic E-state index is 13.2. The van der Waals surface area contributed by atoms with E-state index in [1.807, 2.05) is 0 Å². The van der Waals surface area contributed by atoms with Crippen LogP contribution in [0.3, 0.4) is 0 Å². The van der Waals surface area contributed by atoms with E-state index < -0.39 is 5.82 Å². The SMILES string of the molecule is NCc1c(Cl)ccc(-c2cc(F)ccc2O)c1Cl. The van der Waals surface area contributed by atoms with Gasteiger partial charge < -0.3 is 10.8 Å². The van der Waals surface area contributed by atoms with Crippen LogP contribution in [0.25, 0.3) is 11.1 Å². The normalized spacial score (nSPS) is 10.7. The topological polar surface area (TPSA) is 46.2 Å². The number of nitrogens with two attached hydrogens (primary N) is 1. The molecule has 0 radical (unpaired) electrons. The Balaban J connectivity index is 2.68. The van der Waals surface area contributed by atoms with E-state index in [0.717, 1.165) is 0 Å². The molecule has 3 N–H and O–H groups in total. The van der Waals surface area contributed by atoms with Gasteiger partial charge in [0.25, 0.3) is 0 Å². The summed E-state index contributed by atoms with van der Waals surface area (Å²) in [5.74, 6) is -0.508. The minimum Gasteiger partial charge on any atom is -0.507 e. The molecular formula is C13H10Cl2FNO. The molecule has 0 heterocycles. The number of aromatic hydroxyl groups is 1. The van der Waals surface area contributed by atoms with Crippen molar-refractivity contribution >= 4 is 23.2 Å². The van der Waals surface area contributed by atoms with Gasteiger partial charge in [-0.15, -0.1) is 0 Å². The average Bonchev–Trinajstić information content (AvgIpc) is 2.34. The highest BCUT2D eigenvalue weighted by Crippen LogP contribution is 2.38. The van der Waals surface area contributed by atoms with Crippen molar-refractivity contribution in [1.82, 2.24) is 0 Å². The second kappa shape index (κ2) is 5.14. The van der Waals surface area contributed by atoms with Gasteiger partial charge in [-0.05, 0) is 24.3 Å². The van der Waals surface area contributed by atoms with Gasteiger partial charge in [0.2, 0.25) is 0 Å². The van der Waals surface area contributed by atoms with E-state index in [1.54, 1.807) is 12.1 Å². The van der Waals surface area contributed by atoms with Crippen molar-refractivity contribution < 1.29 is 9.50 Å². The first-order chi connectivity index (χ1) is 8.54. The van der Waals surface area contributed by atoms with Crippen LogP contribution in [0.1, 0.15) is 5.56 Å². The van der Waals surface area contributed by atoms with Gasteiger partial charge in [-0.25, -0.2) is 4.39 Å². The van der Waals surface area contributed by atoms with Crippen molar-refractivity contribution in [2.45, 2.75) is 6.54 Å². The lowest BCUT2D eigenvalue weighted by atomic mass is 10.0. The number of phenols is 1. The molecule has 0 aliphatic rings. The van der Waals surface area contributed by atoms with Crippen molar-refractivity contribution in [3.63, 3.8) is 0 Å². The maximum absolute atomic E-state index is 13.2. The zero-order chi connectivity index (χ0) is 13.3. The molecule has 0 aliphatic heterocycles. The molecule has 0 saturated carbocycles. The van der Waals surface area contributed by atoms with Crippen molar-refractivity contribution in [3.8, 4) is 16.9 Å². The standard InChI is InChI=1S/C13H10Cl2FNO/c14-11-3-2-8(13(15)10(11)6-17)9-5-7(16)1-4-12(9)18/h1-5,18H,6,17H2. The third kappa shape index (κ3) is 2.29. The molecule has 2 rings (SSSR count). The van der Waals surface area contributed by atoms with Crippen LogP contribution in [0.5, 0.6) is 5.75 Å². The molecule has 0 spiro atoms. The fourth-order valence-electron chi connectivity index (χ4n) is 1.72. The van der Waals surface area contributed by atoms with E-state index in [0.29, 0.717) is 26.7 Å². The summed E-state index contributed by atoms with van der Waals surface area (Å²) in [6, 6.07) is 6.91. The summed E-state index contributed by atoms with van der Waals surface area (Å²) < 4.78 is 13.2. The molecule has 2 aromatic rings. The first-order valence-corrected chi connectivity index (χ1v) is 5.96. The van der Waals surface area contributed by atoms with Gasteiger partial charge >= 0.3 is 0 Å². The summed E-state index contributed by atoms with van der Waals surface area (Å²) in [6.45, 7) is 0.168. The van der Waals surface area contributed by atoms with Crippen LogP contribution >= 0.6 is 23.2 Å². The highest BCUT2D eigenvalue weighted by atomic mass is 35.5. The number of benzene rings is 2. The molecule has 0 aliphatic carbocycles. The van der Waals surface area contributed by atoms with Crippen molar-refractivity contribution in [2.24, 2.45) is 5.73 Å². The first kappa shape index (κ1) is 13.1. The Labute approximate surface area is 114 Å². The monoisotopic (exact) mass is 285 g/mol. The maximum Gasteiger partial charge on any atom is 0.124 e. The largest absolute Gasteiger partial charge is 0.507 e. The van der Waals surface area contributed by atoms with E-state index in [4.69, 9.17) is 28.9 Å². The summed E-state index contributed by atoms with van der Waals surface area (Å²) in [7, 11) is 0. The van der Waals surface area contributed by atoms with Gasteiger partial charge in [0.15, 0.2) is 0 Å². The Morgan fingerprint density at radius 1 is 1.11 bits per heavy atom. The second-order valence-corrected chi connectivity index (χ2v) is 4.54. The first-order valence-electron chi connectivity index (χ1n) is 5.20. The molecule has 0 fully saturated rings. The highest BCUT2D eigenvalue weighted by Gasteiger charge is 2.14. The number of rotatable bonds is 2. The van der Waals surface area contributed by atoms with Crippen LogP contribution in [0.2, 0.25) is 10.0 Å². The zero-order valence-electron chi connectivity index (χ0n) is 9.25.